The van der Waals surface area contributed by atoms with Gasteiger partial charge in [0.1, 0.15) is 5.75 Å². The Kier molecular flexibility index (Phi) is 11.0. The molecule has 0 unspecified atom stereocenters. The van der Waals surface area contributed by atoms with Crippen molar-refractivity contribution >= 4 is 5.97 Å². The maximum atomic E-state index is 11.6. The van der Waals surface area contributed by atoms with Crippen LogP contribution < -0.4 is 4.74 Å². The van der Waals surface area contributed by atoms with Crippen molar-refractivity contribution in [2.75, 3.05) is 0 Å². The fourth-order valence-corrected chi connectivity index (χ4v) is 2.33. The summed E-state index contributed by atoms with van der Waals surface area (Å²) in [6.07, 6.45) is 16.0. The molecule has 0 heterocycles. The molecule has 0 saturated heterocycles. The molecule has 0 N–H and O–H groups in total. The first kappa shape index (κ1) is 18.5. The molecule has 2 heteroatoms. The lowest BCUT2D eigenvalue weighted by atomic mass is 10.1. The second-order valence-corrected chi connectivity index (χ2v) is 5.71. The van der Waals surface area contributed by atoms with Crippen molar-refractivity contribution in [1.82, 2.24) is 0 Å². The van der Waals surface area contributed by atoms with Crippen LogP contribution in [0.3, 0.4) is 0 Å². The van der Waals surface area contributed by atoms with Crippen molar-refractivity contribution in [3.63, 3.8) is 0 Å². The van der Waals surface area contributed by atoms with Crippen molar-refractivity contribution in [1.29, 1.82) is 0 Å². The first-order valence-corrected chi connectivity index (χ1v) is 8.73. The monoisotopic (exact) mass is 302 g/mol. The van der Waals surface area contributed by atoms with E-state index in [-0.39, 0.29) is 5.97 Å². The van der Waals surface area contributed by atoms with Crippen LogP contribution in [0.2, 0.25) is 0 Å². The molecular weight excluding hydrogens is 272 g/mol. The zero-order chi connectivity index (χ0) is 15.9. The van der Waals surface area contributed by atoms with Crippen LogP contribution in [0.4, 0.5) is 0 Å². The van der Waals surface area contributed by atoms with Crippen LogP contribution in [0.1, 0.15) is 71.1 Å². The van der Waals surface area contributed by atoms with Crippen molar-refractivity contribution in [2.24, 2.45) is 0 Å². The lowest BCUT2D eigenvalue weighted by Gasteiger charge is -2.02. The summed E-state index contributed by atoms with van der Waals surface area (Å²) >= 11 is 0. The minimum absolute atomic E-state index is 0.160. The third kappa shape index (κ3) is 10.2. The molecule has 0 aromatic heterocycles. The number of carbonyl (C=O) groups is 1. The van der Waals surface area contributed by atoms with Gasteiger partial charge in [0.05, 0.1) is 0 Å². The normalized spacial score (nSPS) is 11.0. The molecule has 0 atom stereocenters. The topological polar surface area (TPSA) is 26.3 Å². The number of para-hydroxylation sites is 1. The Morgan fingerprint density at radius 1 is 0.909 bits per heavy atom. The summed E-state index contributed by atoms with van der Waals surface area (Å²) in [5, 5.41) is 0. The van der Waals surface area contributed by atoms with Crippen molar-refractivity contribution in [2.45, 2.75) is 71.1 Å². The molecule has 0 fully saturated rings. The van der Waals surface area contributed by atoms with Gasteiger partial charge in [-0.2, -0.15) is 0 Å². The summed E-state index contributed by atoms with van der Waals surface area (Å²) in [6, 6.07) is 9.24. The molecule has 0 radical (unpaired) electrons. The molecule has 1 rings (SSSR count). The van der Waals surface area contributed by atoms with Crippen LogP contribution in [0.5, 0.6) is 5.75 Å². The van der Waals surface area contributed by atoms with Gasteiger partial charge < -0.3 is 4.74 Å². The quantitative estimate of drug-likeness (QED) is 0.203. The first-order valence-electron chi connectivity index (χ1n) is 8.73. The predicted octanol–water partition coefficient (Wildman–Crippen LogP) is 6.07. The fraction of sp³-hybridized carbons (Fsp3) is 0.550. The fourth-order valence-electron chi connectivity index (χ4n) is 2.33. The summed E-state index contributed by atoms with van der Waals surface area (Å²) in [4.78, 5) is 11.6. The minimum Gasteiger partial charge on any atom is -0.427 e. The summed E-state index contributed by atoms with van der Waals surface area (Å²) in [5.74, 6) is 0.464. The highest BCUT2D eigenvalue weighted by atomic mass is 16.5. The SMILES string of the molecule is CCCCCCCCCC=CCCC(=O)Oc1ccccc1. The van der Waals surface area contributed by atoms with E-state index in [2.05, 4.69) is 19.1 Å². The highest BCUT2D eigenvalue weighted by Crippen LogP contribution is 2.11. The average Bonchev–Trinajstić information content (AvgIpc) is 2.53. The van der Waals surface area contributed by atoms with E-state index in [1.807, 2.05) is 18.2 Å². The number of unbranched alkanes of at least 4 members (excludes halogenated alkanes) is 7. The Bertz CT molecular complexity index is 409. The number of ether oxygens (including phenoxy) is 1. The molecule has 2 nitrogen and oxygen atoms in total. The van der Waals surface area contributed by atoms with Crippen molar-refractivity contribution in [3.8, 4) is 5.75 Å². The maximum absolute atomic E-state index is 11.6. The van der Waals surface area contributed by atoms with Crippen LogP contribution >= 0.6 is 0 Å². The molecule has 22 heavy (non-hydrogen) atoms. The highest BCUT2D eigenvalue weighted by molar-refractivity contribution is 5.72. The molecule has 1 aromatic carbocycles. The number of hydrogen-bond donors (Lipinski definition) is 0. The van der Waals surface area contributed by atoms with E-state index in [4.69, 9.17) is 4.74 Å². The van der Waals surface area contributed by atoms with Gasteiger partial charge in [0, 0.05) is 6.42 Å². The summed E-state index contributed by atoms with van der Waals surface area (Å²) in [5.41, 5.74) is 0. The van der Waals surface area contributed by atoms with Crippen LogP contribution in [-0.4, -0.2) is 5.97 Å². The molecule has 0 bridgehead atoms. The van der Waals surface area contributed by atoms with E-state index in [0.717, 1.165) is 12.8 Å². The molecule has 0 aliphatic carbocycles. The third-order valence-corrected chi connectivity index (χ3v) is 3.63. The van der Waals surface area contributed by atoms with E-state index in [0.29, 0.717) is 12.2 Å². The molecule has 0 spiro atoms. The largest absolute Gasteiger partial charge is 0.427 e. The lowest BCUT2D eigenvalue weighted by molar-refractivity contribution is -0.134. The molecular formula is C20H30O2. The van der Waals surface area contributed by atoms with E-state index >= 15 is 0 Å². The van der Waals surface area contributed by atoms with Crippen LogP contribution in [0.25, 0.3) is 0 Å². The Labute approximate surface area is 135 Å². The lowest BCUT2D eigenvalue weighted by Crippen LogP contribution is -2.06. The molecule has 1 aromatic rings. The first-order chi connectivity index (χ1) is 10.8. The van der Waals surface area contributed by atoms with Crippen molar-refractivity contribution in [3.05, 3.63) is 42.5 Å². The molecule has 0 amide bonds. The summed E-state index contributed by atoms with van der Waals surface area (Å²) in [6.45, 7) is 2.25. The van der Waals surface area contributed by atoms with Gasteiger partial charge >= 0.3 is 5.97 Å². The highest BCUT2D eigenvalue weighted by Gasteiger charge is 2.02. The third-order valence-electron chi connectivity index (χ3n) is 3.63. The van der Waals surface area contributed by atoms with E-state index < -0.39 is 0 Å². The van der Waals surface area contributed by atoms with E-state index in [1.165, 1.54) is 44.9 Å². The minimum atomic E-state index is -0.160. The number of benzene rings is 1. The van der Waals surface area contributed by atoms with Gasteiger partial charge in [0.15, 0.2) is 0 Å². The number of rotatable bonds is 12. The second-order valence-electron chi connectivity index (χ2n) is 5.71. The van der Waals surface area contributed by atoms with Gasteiger partial charge in [-0.05, 0) is 31.4 Å². The number of hydrogen-bond acceptors (Lipinski definition) is 2. The van der Waals surface area contributed by atoms with Gasteiger partial charge in [-0.15, -0.1) is 0 Å². The molecule has 0 aliphatic heterocycles. The number of esters is 1. The second kappa shape index (κ2) is 13.1. The Balaban J connectivity index is 1.94. The van der Waals surface area contributed by atoms with Crippen LogP contribution in [0.15, 0.2) is 42.5 Å². The van der Waals surface area contributed by atoms with Gasteiger partial charge in [-0.3, -0.25) is 4.79 Å². The zero-order valence-electron chi connectivity index (χ0n) is 13.9. The van der Waals surface area contributed by atoms with Gasteiger partial charge in [-0.25, -0.2) is 0 Å². The summed E-state index contributed by atoms with van der Waals surface area (Å²) in [7, 11) is 0. The molecule has 0 aliphatic rings. The van der Waals surface area contributed by atoms with Gasteiger partial charge in [0.25, 0.3) is 0 Å². The van der Waals surface area contributed by atoms with Crippen LogP contribution in [-0.2, 0) is 4.79 Å². The average molecular weight is 302 g/mol. The van der Waals surface area contributed by atoms with Crippen LogP contribution in [0, 0.1) is 0 Å². The standard InChI is InChI=1S/C20H30O2/c1-2-3-4-5-6-7-8-9-10-11-15-18-20(21)22-19-16-13-12-14-17-19/h10-14,16-17H,2-9,15,18H2,1H3. The van der Waals surface area contributed by atoms with Gasteiger partial charge in [0.2, 0.25) is 0 Å². The summed E-state index contributed by atoms with van der Waals surface area (Å²) < 4.78 is 5.23. The zero-order valence-corrected chi connectivity index (χ0v) is 13.9. The Hall–Kier alpha value is -1.57. The number of allylic oxidation sites excluding steroid dienone is 2. The molecule has 122 valence electrons. The van der Waals surface area contributed by atoms with E-state index in [9.17, 15) is 4.79 Å². The predicted molar refractivity (Wildman–Crippen MR) is 93.1 cm³/mol. The number of carbonyl (C=O) groups excluding carboxylic acids is 1. The molecule has 0 saturated carbocycles. The Morgan fingerprint density at radius 2 is 1.55 bits per heavy atom. The van der Waals surface area contributed by atoms with Gasteiger partial charge in [-0.1, -0.05) is 75.8 Å². The smallest absolute Gasteiger partial charge is 0.311 e. The Morgan fingerprint density at radius 3 is 2.27 bits per heavy atom. The van der Waals surface area contributed by atoms with Crippen molar-refractivity contribution < 1.29 is 9.53 Å². The maximum Gasteiger partial charge on any atom is 0.311 e. The van der Waals surface area contributed by atoms with E-state index in [1.54, 1.807) is 12.1 Å².